The Hall–Kier alpha value is -0.220. The van der Waals surface area contributed by atoms with Crippen molar-refractivity contribution in [3.63, 3.8) is 0 Å². The molecular formula is C9H18N2OS. The fourth-order valence-corrected chi connectivity index (χ4v) is 2.55. The average molecular weight is 202 g/mol. The summed E-state index contributed by atoms with van der Waals surface area (Å²) in [5.41, 5.74) is 5.45. The summed E-state index contributed by atoms with van der Waals surface area (Å²) in [6.45, 7) is 2.97. The normalized spacial score (nSPS) is 24.5. The van der Waals surface area contributed by atoms with E-state index in [1.807, 2.05) is 0 Å². The summed E-state index contributed by atoms with van der Waals surface area (Å²) in [6, 6.07) is 0. The van der Waals surface area contributed by atoms with Gasteiger partial charge in [-0.2, -0.15) is 0 Å². The molecule has 0 amide bonds. The van der Waals surface area contributed by atoms with Crippen LogP contribution in [0.5, 0.6) is 0 Å². The topological polar surface area (TPSA) is 59.1 Å². The molecule has 4 heteroatoms. The number of thioether (sulfide) groups is 1. The Balaban J connectivity index is 2.18. The summed E-state index contributed by atoms with van der Waals surface area (Å²) < 4.78 is 5.50. The minimum atomic E-state index is 0.184. The lowest BCUT2D eigenvalue weighted by atomic mass is 10.3. The second kappa shape index (κ2) is 5.50. The minimum Gasteiger partial charge on any atom is -0.387 e. The van der Waals surface area contributed by atoms with Crippen molar-refractivity contribution in [1.82, 2.24) is 0 Å². The number of ether oxygens (including phenoxy) is 1. The number of hydrogen-bond donors (Lipinski definition) is 2. The predicted molar refractivity (Wildman–Crippen MR) is 57.4 cm³/mol. The van der Waals surface area contributed by atoms with Crippen LogP contribution in [0.4, 0.5) is 0 Å². The molecule has 0 saturated carbocycles. The van der Waals surface area contributed by atoms with E-state index in [9.17, 15) is 0 Å². The Kier molecular flexibility index (Phi) is 4.59. The second-order valence-electron chi connectivity index (χ2n) is 3.32. The first-order valence-corrected chi connectivity index (χ1v) is 5.86. The van der Waals surface area contributed by atoms with E-state index in [1.165, 1.54) is 12.8 Å². The van der Waals surface area contributed by atoms with Crippen LogP contribution in [0.25, 0.3) is 0 Å². The largest absolute Gasteiger partial charge is 0.387 e. The zero-order valence-electron chi connectivity index (χ0n) is 8.08. The highest BCUT2D eigenvalue weighted by molar-refractivity contribution is 8.00. The molecule has 0 aromatic rings. The third-order valence-electron chi connectivity index (χ3n) is 2.22. The van der Waals surface area contributed by atoms with Crippen LogP contribution in [0.1, 0.15) is 26.2 Å². The van der Waals surface area contributed by atoms with E-state index in [-0.39, 0.29) is 5.25 Å². The van der Waals surface area contributed by atoms with Crippen molar-refractivity contribution in [2.24, 2.45) is 5.73 Å². The molecule has 13 heavy (non-hydrogen) atoms. The molecule has 3 N–H and O–H groups in total. The number of nitrogens with two attached hydrogens (primary N) is 1. The molecule has 2 unspecified atom stereocenters. The Morgan fingerprint density at radius 3 is 3.00 bits per heavy atom. The summed E-state index contributed by atoms with van der Waals surface area (Å²) >= 11 is 1.75. The second-order valence-corrected chi connectivity index (χ2v) is 4.56. The van der Waals surface area contributed by atoms with Crippen LogP contribution in [0.2, 0.25) is 0 Å². The molecule has 1 rings (SSSR count). The SMILES string of the molecule is CCC(SCC1CCCO1)C(=N)N. The van der Waals surface area contributed by atoms with E-state index >= 15 is 0 Å². The third kappa shape index (κ3) is 3.56. The molecule has 2 atom stereocenters. The van der Waals surface area contributed by atoms with Crippen molar-refractivity contribution in [3.8, 4) is 0 Å². The van der Waals surface area contributed by atoms with Crippen LogP contribution < -0.4 is 5.73 Å². The molecule has 1 aliphatic heterocycles. The van der Waals surface area contributed by atoms with Crippen LogP contribution in [-0.2, 0) is 4.74 Å². The summed E-state index contributed by atoms with van der Waals surface area (Å²) in [5.74, 6) is 1.28. The molecule has 76 valence electrons. The molecule has 0 aliphatic carbocycles. The van der Waals surface area contributed by atoms with Crippen molar-refractivity contribution in [3.05, 3.63) is 0 Å². The van der Waals surface area contributed by atoms with Crippen LogP contribution in [0, 0.1) is 5.41 Å². The predicted octanol–water partition coefficient (Wildman–Crippen LogP) is 1.61. The van der Waals surface area contributed by atoms with Gasteiger partial charge in [-0.25, -0.2) is 0 Å². The smallest absolute Gasteiger partial charge is 0.104 e. The number of rotatable bonds is 5. The van der Waals surface area contributed by atoms with Crippen molar-refractivity contribution in [2.75, 3.05) is 12.4 Å². The maximum absolute atomic E-state index is 7.34. The lowest BCUT2D eigenvalue weighted by Crippen LogP contribution is -2.26. The number of amidine groups is 1. The highest BCUT2D eigenvalue weighted by Gasteiger charge is 2.18. The molecule has 1 saturated heterocycles. The fraction of sp³-hybridized carbons (Fsp3) is 0.889. The zero-order valence-corrected chi connectivity index (χ0v) is 8.90. The van der Waals surface area contributed by atoms with Crippen molar-refractivity contribution in [2.45, 2.75) is 37.5 Å². The van der Waals surface area contributed by atoms with E-state index in [0.717, 1.165) is 18.8 Å². The molecule has 0 aromatic carbocycles. The summed E-state index contributed by atoms with van der Waals surface area (Å²) in [7, 11) is 0. The molecule has 1 aliphatic rings. The summed E-state index contributed by atoms with van der Waals surface area (Å²) in [4.78, 5) is 0. The fourth-order valence-electron chi connectivity index (χ4n) is 1.43. The molecule has 1 fully saturated rings. The van der Waals surface area contributed by atoms with Gasteiger partial charge in [-0.3, -0.25) is 5.41 Å². The summed E-state index contributed by atoms with van der Waals surface area (Å²) in [6.07, 6.45) is 3.69. The Morgan fingerprint density at radius 1 is 1.77 bits per heavy atom. The number of hydrogen-bond acceptors (Lipinski definition) is 3. The molecule has 3 nitrogen and oxygen atoms in total. The first-order chi connectivity index (χ1) is 6.24. The quantitative estimate of drug-likeness (QED) is 0.526. The minimum absolute atomic E-state index is 0.184. The van der Waals surface area contributed by atoms with Gasteiger partial charge in [0, 0.05) is 12.4 Å². The van der Waals surface area contributed by atoms with Gasteiger partial charge in [0.1, 0.15) is 5.84 Å². The first kappa shape index (κ1) is 10.9. The molecule has 0 bridgehead atoms. The van der Waals surface area contributed by atoms with Gasteiger partial charge in [-0.1, -0.05) is 6.92 Å². The lowest BCUT2D eigenvalue weighted by Gasteiger charge is -2.15. The number of nitrogens with one attached hydrogen (secondary N) is 1. The van der Waals surface area contributed by atoms with E-state index in [2.05, 4.69) is 6.92 Å². The zero-order chi connectivity index (χ0) is 9.68. The van der Waals surface area contributed by atoms with Gasteiger partial charge in [-0.05, 0) is 19.3 Å². The maximum Gasteiger partial charge on any atom is 0.104 e. The molecule has 0 aromatic heterocycles. The highest BCUT2D eigenvalue weighted by Crippen LogP contribution is 2.21. The Morgan fingerprint density at radius 2 is 2.54 bits per heavy atom. The molecule has 0 spiro atoms. The van der Waals surface area contributed by atoms with Crippen LogP contribution in [0.15, 0.2) is 0 Å². The monoisotopic (exact) mass is 202 g/mol. The average Bonchev–Trinajstić information content (AvgIpc) is 2.57. The van der Waals surface area contributed by atoms with Gasteiger partial charge in [0.25, 0.3) is 0 Å². The highest BCUT2D eigenvalue weighted by atomic mass is 32.2. The van der Waals surface area contributed by atoms with Crippen molar-refractivity contribution < 1.29 is 4.74 Å². The lowest BCUT2D eigenvalue weighted by molar-refractivity contribution is 0.129. The van der Waals surface area contributed by atoms with Crippen LogP contribution in [0.3, 0.4) is 0 Å². The van der Waals surface area contributed by atoms with E-state index in [1.54, 1.807) is 11.8 Å². The van der Waals surface area contributed by atoms with E-state index in [4.69, 9.17) is 15.9 Å². The van der Waals surface area contributed by atoms with Crippen molar-refractivity contribution >= 4 is 17.6 Å². The van der Waals surface area contributed by atoms with Gasteiger partial charge in [0.2, 0.25) is 0 Å². The maximum atomic E-state index is 7.34. The Bertz CT molecular complexity index is 169. The van der Waals surface area contributed by atoms with Gasteiger partial charge in [0.05, 0.1) is 11.4 Å². The van der Waals surface area contributed by atoms with Crippen LogP contribution >= 0.6 is 11.8 Å². The van der Waals surface area contributed by atoms with Gasteiger partial charge < -0.3 is 10.5 Å². The van der Waals surface area contributed by atoms with Gasteiger partial charge >= 0.3 is 0 Å². The van der Waals surface area contributed by atoms with Gasteiger partial charge in [0.15, 0.2) is 0 Å². The van der Waals surface area contributed by atoms with Gasteiger partial charge in [-0.15, -0.1) is 11.8 Å². The van der Waals surface area contributed by atoms with Crippen molar-refractivity contribution in [1.29, 1.82) is 5.41 Å². The first-order valence-electron chi connectivity index (χ1n) is 4.81. The standard InChI is InChI=1S/C9H18N2OS/c1-2-8(9(10)11)13-6-7-4-3-5-12-7/h7-8H,2-6H2,1H3,(H3,10,11). The van der Waals surface area contributed by atoms with E-state index < -0.39 is 0 Å². The summed E-state index contributed by atoms with van der Waals surface area (Å²) in [5, 5.41) is 7.53. The molecule has 1 heterocycles. The molecule has 0 radical (unpaired) electrons. The third-order valence-corrected chi connectivity index (χ3v) is 3.78. The van der Waals surface area contributed by atoms with E-state index in [0.29, 0.717) is 11.9 Å². The Labute approximate surface area is 83.9 Å². The van der Waals surface area contributed by atoms with Crippen LogP contribution in [-0.4, -0.2) is 29.5 Å². The molecular weight excluding hydrogens is 184 g/mol.